The Morgan fingerprint density at radius 3 is 2.91 bits per heavy atom. The molecule has 0 aliphatic carbocycles. The summed E-state index contributed by atoms with van der Waals surface area (Å²) < 4.78 is 4.71. The third-order valence-electron chi connectivity index (χ3n) is 1.19. The number of aliphatic hydroxyl groups excluding tert-OH is 1. The average Bonchev–Trinajstić information content (AvgIpc) is 2.01. The Kier molecular flexibility index (Phi) is 7.08. The molecule has 0 radical (unpaired) electrons. The van der Waals surface area contributed by atoms with E-state index in [1.807, 2.05) is 0 Å². The van der Waals surface area contributed by atoms with Gasteiger partial charge in [0.05, 0.1) is 6.61 Å². The standard InChI is InChI=1S/C7H15NO3/c1-11-6-3-7(10)8-4-2-5-9/h9H,2-6H2,1H3,(H,8,10). The Hall–Kier alpha value is -0.610. The minimum absolute atomic E-state index is 0.0275. The van der Waals surface area contributed by atoms with Crippen molar-refractivity contribution in [3.63, 3.8) is 0 Å². The van der Waals surface area contributed by atoms with Crippen molar-refractivity contribution in [1.82, 2.24) is 5.32 Å². The van der Waals surface area contributed by atoms with Gasteiger partial charge in [0.15, 0.2) is 0 Å². The summed E-state index contributed by atoms with van der Waals surface area (Å²) in [6.07, 6.45) is 1.00. The van der Waals surface area contributed by atoms with E-state index in [1.165, 1.54) is 0 Å². The Balaban J connectivity index is 3.09. The van der Waals surface area contributed by atoms with E-state index >= 15 is 0 Å². The first-order valence-electron chi connectivity index (χ1n) is 3.67. The number of carbonyl (C=O) groups excluding carboxylic acids is 1. The van der Waals surface area contributed by atoms with Crippen LogP contribution in [0.2, 0.25) is 0 Å². The number of rotatable bonds is 6. The number of hydrogen-bond acceptors (Lipinski definition) is 3. The van der Waals surface area contributed by atoms with Gasteiger partial charge in [0.1, 0.15) is 0 Å². The van der Waals surface area contributed by atoms with E-state index in [1.54, 1.807) is 7.11 Å². The largest absolute Gasteiger partial charge is 0.396 e. The zero-order valence-corrected chi connectivity index (χ0v) is 6.80. The molecule has 0 heterocycles. The molecule has 1 amide bonds. The first-order chi connectivity index (χ1) is 5.31. The van der Waals surface area contributed by atoms with E-state index in [9.17, 15) is 4.79 Å². The van der Waals surface area contributed by atoms with Crippen molar-refractivity contribution in [1.29, 1.82) is 0 Å². The minimum atomic E-state index is -0.0275. The van der Waals surface area contributed by atoms with Crippen molar-refractivity contribution >= 4 is 5.91 Å². The molecule has 0 aliphatic rings. The van der Waals surface area contributed by atoms with Crippen molar-refractivity contribution in [2.45, 2.75) is 12.8 Å². The van der Waals surface area contributed by atoms with Gasteiger partial charge in [0.2, 0.25) is 5.91 Å². The maximum Gasteiger partial charge on any atom is 0.222 e. The van der Waals surface area contributed by atoms with Crippen LogP contribution in [0.4, 0.5) is 0 Å². The van der Waals surface area contributed by atoms with E-state index in [-0.39, 0.29) is 12.5 Å². The molecule has 4 heteroatoms. The van der Waals surface area contributed by atoms with Crippen LogP contribution in [-0.4, -0.2) is 37.9 Å². The number of carbonyl (C=O) groups is 1. The van der Waals surface area contributed by atoms with E-state index in [0.717, 1.165) is 0 Å². The second-order valence-corrected chi connectivity index (χ2v) is 2.17. The summed E-state index contributed by atoms with van der Waals surface area (Å²) in [4.78, 5) is 10.8. The molecule has 2 N–H and O–H groups in total. The fourth-order valence-corrected chi connectivity index (χ4v) is 0.590. The highest BCUT2D eigenvalue weighted by atomic mass is 16.5. The lowest BCUT2D eigenvalue weighted by Crippen LogP contribution is -2.25. The number of ether oxygens (including phenoxy) is 1. The molecule has 0 unspecified atom stereocenters. The second-order valence-electron chi connectivity index (χ2n) is 2.17. The summed E-state index contributed by atoms with van der Waals surface area (Å²) >= 11 is 0. The van der Waals surface area contributed by atoms with Crippen molar-refractivity contribution < 1.29 is 14.6 Å². The van der Waals surface area contributed by atoms with Gasteiger partial charge in [-0.15, -0.1) is 0 Å². The lowest BCUT2D eigenvalue weighted by Gasteiger charge is -2.02. The van der Waals surface area contributed by atoms with Gasteiger partial charge in [-0.05, 0) is 6.42 Å². The van der Waals surface area contributed by atoms with Crippen LogP contribution >= 0.6 is 0 Å². The van der Waals surface area contributed by atoms with Gasteiger partial charge in [-0.25, -0.2) is 0 Å². The van der Waals surface area contributed by atoms with Crippen LogP contribution in [-0.2, 0) is 9.53 Å². The van der Waals surface area contributed by atoms with Crippen LogP contribution in [0.5, 0.6) is 0 Å². The predicted molar refractivity (Wildman–Crippen MR) is 41.2 cm³/mol. The van der Waals surface area contributed by atoms with Crippen LogP contribution in [0.15, 0.2) is 0 Å². The fourth-order valence-electron chi connectivity index (χ4n) is 0.590. The van der Waals surface area contributed by atoms with Crippen LogP contribution < -0.4 is 5.32 Å². The van der Waals surface area contributed by atoms with Crippen molar-refractivity contribution in [2.75, 3.05) is 26.9 Å². The highest BCUT2D eigenvalue weighted by molar-refractivity contribution is 5.75. The monoisotopic (exact) mass is 161 g/mol. The molecule has 0 aromatic carbocycles. The molecule has 66 valence electrons. The summed E-state index contributed by atoms with van der Waals surface area (Å²) in [6.45, 7) is 1.11. The predicted octanol–water partition coefficient (Wildman–Crippen LogP) is -0.479. The van der Waals surface area contributed by atoms with E-state index in [4.69, 9.17) is 9.84 Å². The van der Waals surface area contributed by atoms with Crippen LogP contribution in [0, 0.1) is 0 Å². The molecule has 0 rings (SSSR count). The fraction of sp³-hybridized carbons (Fsp3) is 0.857. The lowest BCUT2D eigenvalue weighted by molar-refractivity contribution is -0.121. The summed E-state index contributed by atoms with van der Waals surface area (Å²) in [5.41, 5.74) is 0. The van der Waals surface area contributed by atoms with Gasteiger partial charge >= 0.3 is 0 Å². The van der Waals surface area contributed by atoms with Crippen molar-refractivity contribution in [3.8, 4) is 0 Å². The first kappa shape index (κ1) is 10.4. The van der Waals surface area contributed by atoms with Gasteiger partial charge in [-0.2, -0.15) is 0 Å². The Labute approximate surface area is 66.5 Å². The van der Waals surface area contributed by atoms with Crippen LogP contribution in [0.3, 0.4) is 0 Å². The number of nitrogens with one attached hydrogen (secondary N) is 1. The van der Waals surface area contributed by atoms with Crippen molar-refractivity contribution in [3.05, 3.63) is 0 Å². The number of amides is 1. The zero-order chi connectivity index (χ0) is 8.53. The Morgan fingerprint density at radius 2 is 2.36 bits per heavy atom. The number of methoxy groups -OCH3 is 1. The molecule has 0 saturated heterocycles. The summed E-state index contributed by atoms with van der Waals surface area (Å²) in [5.74, 6) is -0.0275. The molecule has 0 aromatic rings. The van der Waals surface area contributed by atoms with Gasteiger partial charge in [0, 0.05) is 26.7 Å². The molecule has 0 atom stereocenters. The SMILES string of the molecule is COCCC(=O)NCCCO. The van der Waals surface area contributed by atoms with E-state index in [2.05, 4.69) is 5.32 Å². The van der Waals surface area contributed by atoms with E-state index in [0.29, 0.717) is 26.0 Å². The highest BCUT2D eigenvalue weighted by Crippen LogP contribution is 1.80. The Morgan fingerprint density at radius 1 is 1.64 bits per heavy atom. The molecule has 0 bridgehead atoms. The molecular formula is C7H15NO3. The summed E-state index contributed by atoms with van der Waals surface area (Å²) in [7, 11) is 1.56. The normalized spacial score (nSPS) is 9.64. The van der Waals surface area contributed by atoms with Crippen LogP contribution in [0.1, 0.15) is 12.8 Å². The lowest BCUT2D eigenvalue weighted by atomic mass is 10.4. The third kappa shape index (κ3) is 7.29. The molecule has 0 aromatic heterocycles. The maximum absolute atomic E-state index is 10.8. The maximum atomic E-state index is 10.8. The minimum Gasteiger partial charge on any atom is -0.396 e. The number of aliphatic hydroxyl groups is 1. The zero-order valence-electron chi connectivity index (χ0n) is 6.80. The summed E-state index contributed by atoms with van der Waals surface area (Å²) in [5, 5.41) is 11.0. The third-order valence-corrected chi connectivity index (χ3v) is 1.19. The van der Waals surface area contributed by atoms with Gasteiger partial charge in [0.25, 0.3) is 0 Å². The van der Waals surface area contributed by atoms with Gasteiger partial charge in [-0.1, -0.05) is 0 Å². The topological polar surface area (TPSA) is 58.6 Å². The molecule has 0 fully saturated rings. The molecule has 0 saturated carbocycles. The quantitative estimate of drug-likeness (QED) is 0.517. The van der Waals surface area contributed by atoms with Crippen LogP contribution in [0.25, 0.3) is 0 Å². The molecule has 4 nitrogen and oxygen atoms in total. The molecule has 0 spiro atoms. The number of hydrogen-bond donors (Lipinski definition) is 2. The van der Waals surface area contributed by atoms with E-state index < -0.39 is 0 Å². The smallest absolute Gasteiger partial charge is 0.222 e. The van der Waals surface area contributed by atoms with Gasteiger partial charge in [-0.3, -0.25) is 4.79 Å². The first-order valence-corrected chi connectivity index (χ1v) is 3.67. The molecule has 11 heavy (non-hydrogen) atoms. The Bertz CT molecular complexity index is 106. The van der Waals surface area contributed by atoms with Gasteiger partial charge < -0.3 is 15.2 Å². The average molecular weight is 161 g/mol. The molecular weight excluding hydrogens is 146 g/mol. The summed E-state index contributed by atoms with van der Waals surface area (Å²) in [6, 6.07) is 0. The second kappa shape index (κ2) is 7.50. The highest BCUT2D eigenvalue weighted by Gasteiger charge is 1.97. The van der Waals surface area contributed by atoms with Crippen molar-refractivity contribution in [2.24, 2.45) is 0 Å². The molecule has 0 aliphatic heterocycles.